The van der Waals surface area contributed by atoms with Gasteiger partial charge in [-0.15, -0.1) is 0 Å². The Morgan fingerprint density at radius 2 is 1.74 bits per heavy atom. The van der Waals surface area contributed by atoms with Crippen molar-refractivity contribution in [3.63, 3.8) is 0 Å². The van der Waals surface area contributed by atoms with Gasteiger partial charge in [0.2, 0.25) is 0 Å². The standard InChI is InChI=1S/C21H27NO/c1-17-9-6-7-13-20(17)23-21(22-2,19-14-15-19)16-8-12-18-10-4-3-5-11-18/h3-7,9-11,13,19,22H,8,12,14-16H2,1-2H3. The highest BCUT2D eigenvalue weighted by Crippen LogP contribution is 2.43. The van der Waals surface area contributed by atoms with E-state index in [1.807, 2.05) is 7.05 Å². The minimum Gasteiger partial charge on any atom is -0.472 e. The molecule has 1 atom stereocenters. The van der Waals surface area contributed by atoms with Crippen molar-refractivity contribution in [3.05, 3.63) is 65.7 Å². The smallest absolute Gasteiger partial charge is 0.163 e. The molecule has 0 aliphatic heterocycles. The van der Waals surface area contributed by atoms with Gasteiger partial charge in [0.15, 0.2) is 5.72 Å². The van der Waals surface area contributed by atoms with Gasteiger partial charge < -0.3 is 4.74 Å². The highest BCUT2D eigenvalue weighted by Gasteiger charge is 2.46. The Morgan fingerprint density at radius 1 is 1.04 bits per heavy atom. The van der Waals surface area contributed by atoms with Gasteiger partial charge in [0, 0.05) is 12.3 Å². The number of ether oxygens (including phenoxy) is 1. The fourth-order valence-electron chi connectivity index (χ4n) is 3.34. The van der Waals surface area contributed by atoms with Crippen LogP contribution < -0.4 is 10.1 Å². The molecule has 1 saturated carbocycles. The molecule has 3 rings (SSSR count). The number of hydrogen-bond acceptors (Lipinski definition) is 2. The number of para-hydroxylation sites is 1. The van der Waals surface area contributed by atoms with E-state index in [4.69, 9.17) is 4.74 Å². The first-order chi connectivity index (χ1) is 11.2. The van der Waals surface area contributed by atoms with Gasteiger partial charge in [0.05, 0.1) is 0 Å². The first-order valence-corrected chi connectivity index (χ1v) is 8.71. The minimum atomic E-state index is -0.221. The van der Waals surface area contributed by atoms with Gasteiger partial charge in [-0.2, -0.15) is 0 Å². The lowest BCUT2D eigenvalue weighted by Crippen LogP contribution is -2.50. The Bertz CT molecular complexity index is 621. The number of aryl methyl sites for hydroxylation is 2. The molecule has 1 unspecified atom stereocenters. The van der Waals surface area contributed by atoms with E-state index in [-0.39, 0.29) is 5.72 Å². The molecule has 2 nitrogen and oxygen atoms in total. The molecule has 1 aliphatic carbocycles. The number of benzene rings is 2. The molecule has 0 radical (unpaired) electrons. The van der Waals surface area contributed by atoms with Crippen LogP contribution in [0.4, 0.5) is 0 Å². The maximum absolute atomic E-state index is 6.53. The topological polar surface area (TPSA) is 21.3 Å². The molecule has 2 aromatic rings. The van der Waals surface area contributed by atoms with Crippen LogP contribution in [0.25, 0.3) is 0 Å². The Balaban J connectivity index is 1.68. The van der Waals surface area contributed by atoms with Gasteiger partial charge in [-0.25, -0.2) is 0 Å². The Kier molecular flexibility index (Phi) is 5.02. The predicted molar refractivity (Wildman–Crippen MR) is 95.7 cm³/mol. The first kappa shape index (κ1) is 16.1. The van der Waals surface area contributed by atoms with E-state index >= 15 is 0 Å². The molecule has 122 valence electrons. The Hall–Kier alpha value is -1.80. The molecular weight excluding hydrogens is 282 g/mol. The van der Waals surface area contributed by atoms with Crippen LogP contribution in [-0.2, 0) is 6.42 Å². The molecular formula is C21H27NO. The summed E-state index contributed by atoms with van der Waals surface area (Å²) in [6.45, 7) is 2.12. The predicted octanol–water partition coefficient (Wildman–Crippen LogP) is 4.72. The third kappa shape index (κ3) is 3.94. The number of hydrogen-bond donors (Lipinski definition) is 1. The molecule has 2 heteroatoms. The molecule has 1 N–H and O–H groups in total. The van der Waals surface area contributed by atoms with E-state index in [2.05, 4.69) is 66.8 Å². The average Bonchev–Trinajstić information content (AvgIpc) is 3.42. The van der Waals surface area contributed by atoms with Crippen LogP contribution in [0.5, 0.6) is 5.75 Å². The third-order valence-electron chi connectivity index (χ3n) is 4.90. The number of rotatable bonds is 8. The fraction of sp³-hybridized carbons (Fsp3) is 0.429. The van der Waals surface area contributed by atoms with Crippen LogP contribution >= 0.6 is 0 Å². The largest absolute Gasteiger partial charge is 0.472 e. The van der Waals surface area contributed by atoms with Crippen molar-refractivity contribution in [2.24, 2.45) is 5.92 Å². The Labute approximate surface area is 139 Å². The minimum absolute atomic E-state index is 0.221. The van der Waals surface area contributed by atoms with Crippen molar-refractivity contribution in [2.75, 3.05) is 7.05 Å². The molecule has 0 spiro atoms. The molecule has 23 heavy (non-hydrogen) atoms. The van der Waals surface area contributed by atoms with Gasteiger partial charge in [0.1, 0.15) is 5.75 Å². The second-order valence-electron chi connectivity index (χ2n) is 6.62. The molecule has 1 fully saturated rings. The van der Waals surface area contributed by atoms with Crippen LogP contribution in [-0.4, -0.2) is 12.8 Å². The van der Waals surface area contributed by atoms with Gasteiger partial charge in [-0.3, -0.25) is 5.32 Å². The van der Waals surface area contributed by atoms with E-state index in [0.29, 0.717) is 5.92 Å². The normalized spacial score (nSPS) is 16.8. The molecule has 1 aliphatic rings. The van der Waals surface area contributed by atoms with Crippen LogP contribution in [0, 0.1) is 12.8 Å². The van der Waals surface area contributed by atoms with Crippen molar-refractivity contribution >= 4 is 0 Å². The summed E-state index contributed by atoms with van der Waals surface area (Å²) < 4.78 is 6.53. The van der Waals surface area contributed by atoms with E-state index < -0.39 is 0 Å². The summed E-state index contributed by atoms with van der Waals surface area (Å²) >= 11 is 0. The van der Waals surface area contributed by atoms with E-state index in [1.54, 1.807) is 0 Å². The van der Waals surface area contributed by atoms with Crippen LogP contribution in [0.1, 0.15) is 36.8 Å². The van der Waals surface area contributed by atoms with Crippen molar-refractivity contribution in [3.8, 4) is 5.75 Å². The summed E-state index contributed by atoms with van der Waals surface area (Å²) in [6, 6.07) is 19.0. The zero-order chi connectivity index (χ0) is 16.1. The molecule has 0 saturated heterocycles. The molecule has 0 aromatic heterocycles. The lowest BCUT2D eigenvalue weighted by atomic mass is 9.97. The third-order valence-corrected chi connectivity index (χ3v) is 4.90. The highest BCUT2D eigenvalue weighted by molar-refractivity contribution is 5.32. The fourth-order valence-corrected chi connectivity index (χ4v) is 3.34. The average molecular weight is 309 g/mol. The Morgan fingerprint density at radius 3 is 2.39 bits per heavy atom. The van der Waals surface area contributed by atoms with E-state index in [1.165, 1.54) is 24.0 Å². The summed E-state index contributed by atoms with van der Waals surface area (Å²) in [5.41, 5.74) is 2.39. The first-order valence-electron chi connectivity index (χ1n) is 8.71. The molecule has 0 heterocycles. The summed E-state index contributed by atoms with van der Waals surface area (Å²) in [5.74, 6) is 1.64. The lowest BCUT2D eigenvalue weighted by Gasteiger charge is -2.35. The van der Waals surface area contributed by atoms with Crippen LogP contribution in [0.15, 0.2) is 54.6 Å². The molecule has 2 aromatic carbocycles. The van der Waals surface area contributed by atoms with Crippen molar-refractivity contribution in [1.29, 1.82) is 0 Å². The van der Waals surface area contributed by atoms with Gasteiger partial charge in [-0.05, 0) is 56.8 Å². The zero-order valence-electron chi connectivity index (χ0n) is 14.2. The SMILES string of the molecule is CNC(CCCc1ccccc1)(Oc1ccccc1C)C1CC1. The van der Waals surface area contributed by atoms with Crippen molar-refractivity contribution in [1.82, 2.24) is 5.32 Å². The van der Waals surface area contributed by atoms with E-state index in [0.717, 1.165) is 25.0 Å². The zero-order valence-corrected chi connectivity index (χ0v) is 14.2. The van der Waals surface area contributed by atoms with Crippen molar-refractivity contribution in [2.45, 2.75) is 44.8 Å². The van der Waals surface area contributed by atoms with Crippen LogP contribution in [0.3, 0.4) is 0 Å². The highest BCUT2D eigenvalue weighted by atomic mass is 16.5. The summed E-state index contributed by atoms with van der Waals surface area (Å²) in [5, 5.41) is 3.52. The number of nitrogens with one attached hydrogen (secondary N) is 1. The molecule has 0 amide bonds. The van der Waals surface area contributed by atoms with Crippen LogP contribution in [0.2, 0.25) is 0 Å². The summed E-state index contributed by atoms with van der Waals surface area (Å²) in [7, 11) is 2.04. The van der Waals surface area contributed by atoms with Crippen molar-refractivity contribution < 1.29 is 4.74 Å². The maximum Gasteiger partial charge on any atom is 0.163 e. The second kappa shape index (κ2) is 7.18. The lowest BCUT2D eigenvalue weighted by molar-refractivity contribution is 0.00693. The maximum atomic E-state index is 6.53. The second-order valence-corrected chi connectivity index (χ2v) is 6.62. The summed E-state index contributed by atoms with van der Waals surface area (Å²) in [6.07, 6.45) is 5.80. The molecule has 0 bridgehead atoms. The van der Waals surface area contributed by atoms with Gasteiger partial charge >= 0.3 is 0 Å². The quantitative estimate of drug-likeness (QED) is 0.712. The summed E-state index contributed by atoms with van der Waals surface area (Å²) in [4.78, 5) is 0. The van der Waals surface area contributed by atoms with Gasteiger partial charge in [-0.1, -0.05) is 48.5 Å². The van der Waals surface area contributed by atoms with E-state index in [9.17, 15) is 0 Å². The van der Waals surface area contributed by atoms with Gasteiger partial charge in [0.25, 0.3) is 0 Å². The monoisotopic (exact) mass is 309 g/mol.